The molecule has 0 aliphatic rings. The van der Waals surface area contributed by atoms with Crippen LogP contribution < -0.4 is 17.0 Å². The number of esters is 1. The van der Waals surface area contributed by atoms with E-state index >= 15 is 0 Å². The van der Waals surface area contributed by atoms with E-state index < -0.39 is 17.2 Å². The highest BCUT2D eigenvalue weighted by Crippen LogP contribution is 2.04. The zero-order chi connectivity index (χ0) is 12.5. The van der Waals surface area contributed by atoms with E-state index in [0.717, 1.165) is 9.13 Å². The molecule has 0 atom stereocenters. The van der Waals surface area contributed by atoms with E-state index in [9.17, 15) is 14.4 Å². The van der Waals surface area contributed by atoms with Crippen LogP contribution in [0, 0.1) is 0 Å². The summed E-state index contributed by atoms with van der Waals surface area (Å²) < 4.78 is 6.52. The number of nitrogens with zero attached hydrogens (tertiary/aromatic N) is 2. The van der Waals surface area contributed by atoms with Crippen molar-refractivity contribution in [3.63, 3.8) is 0 Å². The number of hydrogen-bond donors (Lipinski definition) is 1. The van der Waals surface area contributed by atoms with E-state index in [1.165, 1.54) is 14.1 Å². The van der Waals surface area contributed by atoms with E-state index in [4.69, 9.17) is 10.5 Å². The van der Waals surface area contributed by atoms with E-state index in [0.29, 0.717) is 0 Å². The summed E-state index contributed by atoms with van der Waals surface area (Å²) in [5, 5.41) is 0. The summed E-state index contributed by atoms with van der Waals surface area (Å²) in [5.41, 5.74) is 3.88. The van der Waals surface area contributed by atoms with Crippen molar-refractivity contribution in [2.45, 2.75) is 6.92 Å². The highest BCUT2D eigenvalue weighted by molar-refractivity contribution is 5.93. The van der Waals surface area contributed by atoms with Gasteiger partial charge in [-0.1, -0.05) is 0 Å². The minimum absolute atomic E-state index is 0.129. The molecule has 0 aromatic carbocycles. The van der Waals surface area contributed by atoms with Crippen LogP contribution in [-0.2, 0) is 18.8 Å². The van der Waals surface area contributed by atoms with Gasteiger partial charge in [0.1, 0.15) is 5.82 Å². The molecule has 0 aliphatic heterocycles. The summed E-state index contributed by atoms with van der Waals surface area (Å²) in [4.78, 5) is 34.6. The molecule has 0 bridgehead atoms. The fourth-order valence-electron chi connectivity index (χ4n) is 1.26. The predicted octanol–water partition coefficient (Wildman–Crippen LogP) is -1.16. The molecule has 0 radical (unpaired) electrons. The van der Waals surface area contributed by atoms with Crippen LogP contribution in [0.5, 0.6) is 0 Å². The number of anilines is 1. The monoisotopic (exact) mass is 227 g/mol. The Kier molecular flexibility index (Phi) is 3.17. The first kappa shape index (κ1) is 12.0. The van der Waals surface area contributed by atoms with Gasteiger partial charge in [0.15, 0.2) is 5.56 Å². The molecule has 0 saturated carbocycles. The zero-order valence-corrected chi connectivity index (χ0v) is 9.31. The van der Waals surface area contributed by atoms with Gasteiger partial charge >= 0.3 is 11.7 Å². The molecule has 7 heteroatoms. The van der Waals surface area contributed by atoms with Gasteiger partial charge in [-0.05, 0) is 6.92 Å². The Bertz CT molecular complexity index is 541. The minimum Gasteiger partial charge on any atom is -0.462 e. The number of nitrogens with two attached hydrogens (primary N) is 1. The lowest BCUT2D eigenvalue weighted by Crippen LogP contribution is -2.41. The molecule has 0 aliphatic carbocycles. The molecule has 0 spiro atoms. The summed E-state index contributed by atoms with van der Waals surface area (Å²) in [6.45, 7) is 1.74. The van der Waals surface area contributed by atoms with Crippen molar-refractivity contribution in [2.75, 3.05) is 12.3 Å². The normalized spacial score (nSPS) is 10.2. The third-order valence-corrected chi connectivity index (χ3v) is 2.19. The van der Waals surface area contributed by atoms with Crippen molar-refractivity contribution in [2.24, 2.45) is 14.1 Å². The molecule has 0 saturated heterocycles. The van der Waals surface area contributed by atoms with Crippen molar-refractivity contribution < 1.29 is 9.53 Å². The number of carbonyl (C=O) groups excluding carboxylic acids is 1. The third-order valence-electron chi connectivity index (χ3n) is 2.19. The number of aromatic nitrogens is 2. The van der Waals surface area contributed by atoms with Crippen molar-refractivity contribution in [3.05, 3.63) is 26.4 Å². The molecule has 7 nitrogen and oxygen atoms in total. The van der Waals surface area contributed by atoms with E-state index in [1.54, 1.807) is 6.92 Å². The van der Waals surface area contributed by atoms with Crippen molar-refractivity contribution in [1.29, 1.82) is 0 Å². The van der Waals surface area contributed by atoms with Gasteiger partial charge in [-0.2, -0.15) is 0 Å². The summed E-state index contributed by atoms with van der Waals surface area (Å²) in [6, 6.07) is 0. The van der Waals surface area contributed by atoms with Crippen LogP contribution in [0.4, 0.5) is 5.82 Å². The van der Waals surface area contributed by atoms with Crippen molar-refractivity contribution in [3.8, 4) is 0 Å². The van der Waals surface area contributed by atoms with Gasteiger partial charge in [-0.3, -0.25) is 13.9 Å². The van der Waals surface area contributed by atoms with Crippen LogP contribution in [0.15, 0.2) is 9.59 Å². The fourth-order valence-corrected chi connectivity index (χ4v) is 1.26. The van der Waals surface area contributed by atoms with Gasteiger partial charge in [-0.25, -0.2) is 9.59 Å². The van der Waals surface area contributed by atoms with Gasteiger partial charge in [-0.15, -0.1) is 0 Å². The standard InChI is InChI=1S/C9H13N3O4/c1-4-16-8(14)5-6(10)11(2)9(15)12(3)7(5)13/h4,10H2,1-3H3. The van der Waals surface area contributed by atoms with Crippen LogP contribution in [0.2, 0.25) is 0 Å². The molecule has 0 unspecified atom stereocenters. The quantitative estimate of drug-likeness (QED) is 0.643. The molecule has 2 N–H and O–H groups in total. The molecular weight excluding hydrogens is 214 g/mol. The lowest BCUT2D eigenvalue weighted by Gasteiger charge is -2.10. The summed E-state index contributed by atoms with van der Waals surface area (Å²) in [6.07, 6.45) is 0. The molecule has 1 aromatic rings. The highest BCUT2D eigenvalue weighted by Gasteiger charge is 2.20. The Hall–Kier alpha value is -2.05. The Labute approximate surface area is 91.1 Å². The maximum absolute atomic E-state index is 11.6. The number of nitrogen functional groups attached to an aromatic ring is 1. The lowest BCUT2D eigenvalue weighted by molar-refractivity contribution is 0.0524. The number of hydrogen-bond acceptors (Lipinski definition) is 5. The Morgan fingerprint density at radius 2 is 1.88 bits per heavy atom. The first-order chi connectivity index (χ1) is 7.41. The molecule has 88 valence electrons. The topological polar surface area (TPSA) is 96.3 Å². The third kappa shape index (κ3) is 1.71. The number of ether oxygens (including phenoxy) is 1. The molecule has 0 amide bonds. The van der Waals surface area contributed by atoms with E-state index in [2.05, 4.69) is 0 Å². The Balaban J connectivity index is 3.59. The molecule has 16 heavy (non-hydrogen) atoms. The average Bonchev–Trinajstić information content (AvgIpc) is 2.24. The smallest absolute Gasteiger partial charge is 0.347 e. The van der Waals surface area contributed by atoms with Gasteiger partial charge < -0.3 is 10.5 Å². The van der Waals surface area contributed by atoms with Gasteiger partial charge in [0.05, 0.1) is 6.61 Å². The number of carbonyl (C=O) groups is 1. The van der Waals surface area contributed by atoms with E-state index in [-0.39, 0.29) is 18.0 Å². The van der Waals surface area contributed by atoms with Crippen LogP contribution in [0.1, 0.15) is 17.3 Å². The molecular formula is C9H13N3O4. The maximum Gasteiger partial charge on any atom is 0.347 e. The molecule has 0 fully saturated rings. The first-order valence-corrected chi connectivity index (χ1v) is 4.64. The van der Waals surface area contributed by atoms with Crippen LogP contribution in [0.25, 0.3) is 0 Å². The summed E-state index contributed by atoms with van der Waals surface area (Å²) in [7, 11) is 2.65. The van der Waals surface area contributed by atoms with Crippen LogP contribution >= 0.6 is 0 Å². The first-order valence-electron chi connectivity index (χ1n) is 4.64. The maximum atomic E-state index is 11.6. The second kappa shape index (κ2) is 4.21. The second-order valence-electron chi connectivity index (χ2n) is 3.19. The van der Waals surface area contributed by atoms with Gasteiger partial charge in [0, 0.05) is 14.1 Å². The minimum atomic E-state index is -0.823. The Morgan fingerprint density at radius 3 is 2.38 bits per heavy atom. The molecule has 1 heterocycles. The van der Waals surface area contributed by atoms with Crippen LogP contribution in [-0.4, -0.2) is 21.7 Å². The van der Waals surface area contributed by atoms with Crippen LogP contribution in [0.3, 0.4) is 0 Å². The fraction of sp³-hybridized carbons (Fsp3) is 0.444. The highest BCUT2D eigenvalue weighted by atomic mass is 16.5. The van der Waals surface area contributed by atoms with Crippen molar-refractivity contribution in [1.82, 2.24) is 9.13 Å². The second-order valence-corrected chi connectivity index (χ2v) is 3.19. The Morgan fingerprint density at radius 1 is 1.31 bits per heavy atom. The largest absolute Gasteiger partial charge is 0.462 e. The van der Waals surface area contributed by atoms with Gasteiger partial charge in [0.2, 0.25) is 0 Å². The zero-order valence-electron chi connectivity index (χ0n) is 9.31. The summed E-state index contributed by atoms with van der Waals surface area (Å²) >= 11 is 0. The average molecular weight is 227 g/mol. The molecule has 1 aromatic heterocycles. The lowest BCUT2D eigenvalue weighted by atomic mass is 10.3. The predicted molar refractivity (Wildman–Crippen MR) is 57.3 cm³/mol. The van der Waals surface area contributed by atoms with E-state index in [1.807, 2.05) is 0 Å². The SMILES string of the molecule is CCOC(=O)c1c(N)n(C)c(=O)n(C)c1=O. The summed E-state index contributed by atoms with van der Waals surface area (Å²) in [5.74, 6) is -1.01. The number of rotatable bonds is 2. The van der Waals surface area contributed by atoms with Gasteiger partial charge in [0.25, 0.3) is 5.56 Å². The molecule has 1 rings (SSSR count). The van der Waals surface area contributed by atoms with Crippen molar-refractivity contribution >= 4 is 11.8 Å².